The lowest BCUT2D eigenvalue weighted by Gasteiger charge is -2.05. The SMILES string of the molecule is O=C(O)CCCOc1cccc(/C=C/c2nc(-c3ccccc3)c(-c3ccccc3)o2)c1. The summed E-state index contributed by atoms with van der Waals surface area (Å²) in [4.78, 5) is 15.3. The second kappa shape index (κ2) is 10.3. The van der Waals surface area contributed by atoms with Gasteiger partial charge in [0.15, 0.2) is 5.76 Å². The molecule has 0 saturated heterocycles. The van der Waals surface area contributed by atoms with E-state index in [-0.39, 0.29) is 6.42 Å². The maximum absolute atomic E-state index is 10.6. The number of nitrogens with zero attached hydrogens (tertiary/aromatic N) is 1. The highest BCUT2D eigenvalue weighted by Gasteiger charge is 2.15. The number of hydrogen-bond donors (Lipinski definition) is 1. The van der Waals surface area contributed by atoms with Crippen LogP contribution in [0, 0.1) is 0 Å². The molecule has 0 bridgehead atoms. The number of aromatic nitrogens is 1. The summed E-state index contributed by atoms with van der Waals surface area (Å²) in [5.41, 5.74) is 3.69. The summed E-state index contributed by atoms with van der Waals surface area (Å²) in [7, 11) is 0. The lowest BCUT2D eigenvalue weighted by Crippen LogP contribution is -2.02. The van der Waals surface area contributed by atoms with Gasteiger partial charge in [0.1, 0.15) is 11.4 Å². The number of carbonyl (C=O) groups is 1. The van der Waals surface area contributed by atoms with E-state index in [2.05, 4.69) is 0 Å². The van der Waals surface area contributed by atoms with E-state index in [4.69, 9.17) is 19.2 Å². The second-order valence-corrected chi connectivity index (χ2v) is 7.21. The van der Waals surface area contributed by atoms with E-state index in [9.17, 15) is 4.79 Å². The van der Waals surface area contributed by atoms with Crippen molar-refractivity contribution in [2.75, 3.05) is 6.61 Å². The maximum Gasteiger partial charge on any atom is 0.303 e. The zero-order chi connectivity index (χ0) is 22.2. The summed E-state index contributed by atoms with van der Waals surface area (Å²) in [5.74, 6) is 1.11. The van der Waals surface area contributed by atoms with Gasteiger partial charge in [-0.25, -0.2) is 4.98 Å². The van der Waals surface area contributed by atoms with Crippen LogP contribution in [0.5, 0.6) is 5.75 Å². The molecule has 0 spiro atoms. The van der Waals surface area contributed by atoms with E-state index in [1.807, 2.05) is 97.1 Å². The minimum absolute atomic E-state index is 0.0945. The monoisotopic (exact) mass is 425 g/mol. The average Bonchev–Trinajstić information content (AvgIpc) is 3.26. The number of hydrogen-bond acceptors (Lipinski definition) is 4. The third-order valence-corrected chi connectivity index (χ3v) is 4.81. The maximum atomic E-state index is 10.6. The molecule has 1 heterocycles. The summed E-state index contributed by atoms with van der Waals surface area (Å²) in [6.07, 6.45) is 4.31. The molecule has 0 aliphatic carbocycles. The Bertz CT molecular complexity index is 1140. The van der Waals surface area contributed by atoms with Gasteiger partial charge in [-0.3, -0.25) is 4.79 Å². The fourth-order valence-electron chi connectivity index (χ4n) is 3.27. The van der Waals surface area contributed by atoms with Gasteiger partial charge in [0.05, 0.1) is 6.61 Å². The van der Waals surface area contributed by atoms with Gasteiger partial charge in [-0.2, -0.15) is 0 Å². The van der Waals surface area contributed by atoms with Crippen LogP contribution in [-0.2, 0) is 4.79 Å². The van der Waals surface area contributed by atoms with Gasteiger partial charge < -0.3 is 14.3 Å². The Morgan fingerprint density at radius 3 is 2.34 bits per heavy atom. The Labute approximate surface area is 186 Å². The van der Waals surface area contributed by atoms with Crippen LogP contribution in [0.25, 0.3) is 34.7 Å². The smallest absolute Gasteiger partial charge is 0.303 e. The van der Waals surface area contributed by atoms with Gasteiger partial charge in [0.2, 0.25) is 5.89 Å². The van der Waals surface area contributed by atoms with Gasteiger partial charge >= 0.3 is 5.97 Å². The molecule has 160 valence electrons. The third kappa shape index (κ3) is 5.52. The first-order valence-corrected chi connectivity index (χ1v) is 10.4. The topological polar surface area (TPSA) is 72.6 Å². The summed E-state index contributed by atoms with van der Waals surface area (Å²) in [5, 5.41) is 8.72. The zero-order valence-corrected chi connectivity index (χ0v) is 17.5. The second-order valence-electron chi connectivity index (χ2n) is 7.21. The Balaban J connectivity index is 1.55. The van der Waals surface area contributed by atoms with Crippen LogP contribution in [0.2, 0.25) is 0 Å². The van der Waals surface area contributed by atoms with Gasteiger partial charge in [-0.05, 0) is 30.2 Å². The van der Waals surface area contributed by atoms with E-state index in [1.54, 1.807) is 0 Å². The molecule has 1 aromatic heterocycles. The van der Waals surface area contributed by atoms with Crippen molar-refractivity contribution >= 4 is 18.1 Å². The number of rotatable bonds is 9. The largest absolute Gasteiger partial charge is 0.494 e. The first kappa shape index (κ1) is 21.1. The molecule has 0 atom stereocenters. The number of oxazole rings is 1. The van der Waals surface area contributed by atoms with E-state index < -0.39 is 5.97 Å². The molecule has 0 unspecified atom stereocenters. The fraction of sp³-hybridized carbons (Fsp3) is 0.111. The number of carboxylic acid groups (broad SMARTS) is 1. The van der Waals surface area contributed by atoms with Crippen molar-refractivity contribution in [3.63, 3.8) is 0 Å². The van der Waals surface area contributed by atoms with Crippen LogP contribution in [0.3, 0.4) is 0 Å². The molecule has 0 saturated carbocycles. The fourth-order valence-corrected chi connectivity index (χ4v) is 3.27. The van der Waals surface area contributed by atoms with Crippen molar-refractivity contribution in [2.24, 2.45) is 0 Å². The van der Waals surface area contributed by atoms with Gasteiger partial charge in [-0.15, -0.1) is 0 Å². The molecule has 4 rings (SSSR count). The Hall–Kier alpha value is -4.12. The summed E-state index contributed by atoms with van der Waals surface area (Å²) in [6, 6.07) is 27.5. The van der Waals surface area contributed by atoms with E-state index >= 15 is 0 Å². The standard InChI is InChI=1S/C27H23NO4/c29-25(30)15-8-18-31-23-14-7-9-20(19-23)16-17-24-28-26(21-10-3-1-4-11-21)27(32-24)22-12-5-2-6-13-22/h1-7,9-14,16-17,19H,8,15,18H2,(H,29,30)/b17-16+. The van der Waals surface area contributed by atoms with E-state index in [0.717, 1.165) is 28.1 Å². The van der Waals surface area contributed by atoms with Crippen LogP contribution < -0.4 is 4.74 Å². The molecule has 32 heavy (non-hydrogen) atoms. The van der Waals surface area contributed by atoms with Crippen LogP contribution in [0.15, 0.2) is 89.3 Å². The molecule has 0 radical (unpaired) electrons. The number of carboxylic acids is 1. The highest BCUT2D eigenvalue weighted by atomic mass is 16.5. The van der Waals surface area contributed by atoms with Crippen LogP contribution in [0.4, 0.5) is 0 Å². The van der Waals surface area contributed by atoms with Gasteiger partial charge in [0.25, 0.3) is 0 Å². The molecule has 0 amide bonds. The molecule has 4 aromatic rings. The quantitative estimate of drug-likeness (QED) is 0.313. The first-order valence-electron chi connectivity index (χ1n) is 10.4. The third-order valence-electron chi connectivity index (χ3n) is 4.81. The highest BCUT2D eigenvalue weighted by Crippen LogP contribution is 2.33. The highest BCUT2D eigenvalue weighted by molar-refractivity contribution is 5.78. The molecular weight excluding hydrogens is 402 g/mol. The predicted molar refractivity (Wildman–Crippen MR) is 125 cm³/mol. The molecule has 0 aliphatic heterocycles. The Morgan fingerprint density at radius 1 is 0.906 bits per heavy atom. The summed E-state index contributed by atoms with van der Waals surface area (Å²) < 4.78 is 11.8. The van der Waals surface area contributed by atoms with Gasteiger partial charge in [-0.1, -0.05) is 72.8 Å². The van der Waals surface area contributed by atoms with Crippen molar-refractivity contribution in [2.45, 2.75) is 12.8 Å². The molecule has 1 N–H and O–H groups in total. The zero-order valence-electron chi connectivity index (χ0n) is 17.5. The van der Waals surface area contributed by atoms with Crippen molar-refractivity contribution in [1.29, 1.82) is 0 Å². The van der Waals surface area contributed by atoms with Crippen LogP contribution in [0.1, 0.15) is 24.3 Å². The van der Waals surface area contributed by atoms with Crippen molar-refractivity contribution in [3.8, 4) is 28.3 Å². The number of benzene rings is 3. The van der Waals surface area contributed by atoms with Crippen LogP contribution >= 0.6 is 0 Å². The molecular formula is C27H23NO4. The van der Waals surface area contributed by atoms with E-state index in [1.165, 1.54) is 0 Å². The summed E-state index contributed by atoms with van der Waals surface area (Å²) in [6.45, 7) is 0.361. The van der Waals surface area contributed by atoms with Gasteiger partial charge in [0, 0.05) is 23.6 Å². The van der Waals surface area contributed by atoms with Crippen LogP contribution in [-0.4, -0.2) is 22.7 Å². The van der Waals surface area contributed by atoms with Crippen molar-refractivity contribution in [1.82, 2.24) is 4.98 Å². The minimum atomic E-state index is -0.819. The average molecular weight is 425 g/mol. The van der Waals surface area contributed by atoms with E-state index in [0.29, 0.717) is 24.7 Å². The number of ether oxygens (including phenoxy) is 1. The first-order chi connectivity index (χ1) is 15.7. The summed E-state index contributed by atoms with van der Waals surface area (Å²) >= 11 is 0. The minimum Gasteiger partial charge on any atom is -0.494 e. The predicted octanol–water partition coefficient (Wildman–Crippen LogP) is 6.42. The Kier molecular flexibility index (Phi) is 6.78. The number of aliphatic carboxylic acids is 1. The molecule has 5 heteroatoms. The molecule has 0 aliphatic rings. The lowest BCUT2D eigenvalue weighted by molar-refractivity contribution is -0.137. The lowest BCUT2D eigenvalue weighted by atomic mass is 10.1. The van der Waals surface area contributed by atoms with Crippen molar-refractivity contribution in [3.05, 3.63) is 96.4 Å². The molecule has 5 nitrogen and oxygen atoms in total. The normalized spacial score (nSPS) is 11.0. The van der Waals surface area contributed by atoms with Crippen molar-refractivity contribution < 1.29 is 19.1 Å². The Morgan fingerprint density at radius 2 is 1.62 bits per heavy atom. The molecule has 3 aromatic carbocycles. The molecule has 0 fully saturated rings.